The van der Waals surface area contributed by atoms with Gasteiger partial charge in [-0.3, -0.25) is 9.78 Å². The quantitative estimate of drug-likeness (QED) is 0.599. The molecule has 1 aliphatic heterocycles. The normalized spacial score (nSPS) is 15.8. The Hall–Kier alpha value is -3.34. The minimum atomic E-state index is -0.0494. The van der Waals surface area contributed by atoms with Gasteiger partial charge in [0.2, 0.25) is 0 Å². The van der Waals surface area contributed by atoms with E-state index >= 15 is 0 Å². The second kappa shape index (κ2) is 8.57. The van der Waals surface area contributed by atoms with E-state index in [1.807, 2.05) is 30.0 Å². The number of ether oxygens (including phenoxy) is 2. The van der Waals surface area contributed by atoms with Gasteiger partial charge in [0.25, 0.3) is 5.91 Å². The van der Waals surface area contributed by atoms with Crippen LogP contribution in [0.2, 0.25) is 0 Å². The summed E-state index contributed by atoms with van der Waals surface area (Å²) in [6, 6.07) is 19.7. The summed E-state index contributed by atoms with van der Waals surface area (Å²) in [5.41, 5.74) is 4.71. The third kappa shape index (κ3) is 3.88. The lowest BCUT2D eigenvalue weighted by atomic mass is 10.0. The lowest BCUT2D eigenvalue weighted by Gasteiger charge is -2.26. The predicted molar refractivity (Wildman–Crippen MR) is 117 cm³/mol. The Morgan fingerprint density at radius 3 is 2.53 bits per heavy atom. The largest absolute Gasteiger partial charge is 0.497 e. The summed E-state index contributed by atoms with van der Waals surface area (Å²) < 4.78 is 10.7. The van der Waals surface area contributed by atoms with E-state index in [0.29, 0.717) is 23.6 Å². The van der Waals surface area contributed by atoms with Crippen molar-refractivity contribution in [3.8, 4) is 22.6 Å². The van der Waals surface area contributed by atoms with Crippen LogP contribution in [0.4, 0.5) is 0 Å². The van der Waals surface area contributed by atoms with Gasteiger partial charge in [0.15, 0.2) is 0 Å². The van der Waals surface area contributed by atoms with Crippen LogP contribution in [-0.4, -0.2) is 36.6 Å². The van der Waals surface area contributed by atoms with E-state index in [1.54, 1.807) is 32.4 Å². The van der Waals surface area contributed by atoms with E-state index in [-0.39, 0.29) is 11.9 Å². The topological polar surface area (TPSA) is 51.7 Å². The van der Waals surface area contributed by atoms with E-state index in [4.69, 9.17) is 14.5 Å². The minimum Gasteiger partial charge on any atom is -0.497 e. The molecule has 0 bridgehead atoms. The molecule has 0 N–H and O–H groups in total. The first-order valence-corrected chi connectivity index (χ1v) is 10.2. The van der Waals surface area contributed by atoms with Crippen molar-refractivity contribution in [2.24, 2.45) is 0 Å². The average molecular weight is 402 g/mol. The fraction of sp³-hybridized carbons (Fsp3) is 0.280. The number of hydrogen-bond acceptors (Lipinski definition) is 4. The molecule has 154 valence electrons. The highest BCUT2D eigenvalue weighted by molar-refractivity contribution is 5.97. The number of carbonyl (C=O) groups is 1. The van der Waals surface area contributed by atoms with Crippen molar-refractivity contribution in [2.75, 3.05) is 20.8 Å². The Morgan fingerprint density at radius 1 is 1.00 bits per heavy atom. The lowest BCUT2D eigenvalue weighted by Crippen LogP contribution is -2.31. The maximum atomic E-state index is 13.4. The third-order valence-electron chi connectivity index (χ3n) is 5.57. The summed E-state index contributed by atoms with van der Waals surface area (Å²) in [6.07, 6.45) is 1.85. The molecule has 1 amide bonds. The van der Waals surface area contributed by atoms with Gasteiger partial charge >= 0.3 is 0 Å². The lowest BCUT2D eigenvalue weighted by molar-refractivity contribution is 0.0729. The highest BCUT2D eigenvalue weighted by Crippen LogP contribution is 2.36. The molecule has 3 aromatic rings. The minimum absolute atomic E-state index is 0.0402. The molecule has 0 radical (unpaired) electrons. The molecule has 1 aliphatic rings. The molecule has 5 nitrogen and oxygen atoms in total. The van der Waals surface area contributed by atoms with Gasteiger partial charge in [0.05, 0.1) is 31.5 Å². The molecule has 0 unspecified atom stereocenters. The van der Waals surface area contributed by atoms with E-state index in [2.05, 4.69) is 24.3 Å². The summed E-state index contributed by atoms with van der Waals surface area (Å²) in [4.78, 5) is 20.1. The van der Waals surface area contributed by atoms with Crippen molar-refractivity contribution in [1.29, 1.82) is 0 Å². The van der Waals surface area contributed by atoms with Gasteiger partial charge < -0.3 is 14.4 Å². The van der Waals surface area contributed by atoms with Gasteiger partial charge in [-0.2, -0.15) is 0 Å². The predicted octanol–water partition coefficient (Wildman–Crippen LogP) is 5.05. The molecule has 0 aliphatic carbocycles. The van der Waals surface area contributed by atoms with Crippen molar-refractivity contribution < 1.29 is 14.3 Å². The van der Waals surface area contributed by atoms with E-state index in [9.17, 15) is 4.79 Å². The average Bonchev–Trinajstić information content (AvgIpc) is 3.28. The van der Waals surface area contributed by atoms with E-state index in [1.165, 1.54) is 0 Å². The number of pyridine rings is 1. The Morgan fingerprint density at radius 2 is 1.80 bits per heavy atom. The molecule has 0 spiro atoms. The first-order chi connectivity index (χ1) is 14.6. The highest BCUT2D eigenvalue weighted by atomic mass is 16.5. The van der Waals surface area contributed by atoms with Crippen molar-refractivity contribution in [2.45, 2.75) is 25.8 Å². The number of aryl methyl sites for hydroxylation is 1. The SMILES string of the molecule is COc1ccc(C(=O)N2CCC[C@H]2c2cc(-c3ccccc3)cc(C)n2)c(OC)c1. The Labute approximate surface area is 177 Å². The van der Waals surface area contributed by atoms with Crippen LogP contribution < -0.4 is 9.47 Å². The van der Waals surface area contributed by atoms with Crippen LogP contribution in [-0.2, 0) is 0 Å². The second-order valence-corrected chi connectivity index (χ2v) is 7.51. The number of methoxy groups -OCH3 is 2. The standard InChI is InChI=1S/C25H26N2O3/c1-17-14-19(18-8-5-4-6-9-18)15-22(26-17)23-10-7-13-27(23)25(28)21-12-11-20(29-2)16-24(21)30-3/h4-6,8-9,11-12,14-16,23H,7,10,13H2,1-3H3/t23-/m0/s1. The molecule has 4 rings (SSSR count). The van der Waals surface area contributed by atoms with Gasteiger partial charge in [0, 0.05) is 18.3 Å². The maximum absolute atomic E-state index is 13.4. The molecular weight excluding hydrogens is 376 g/mol. The van der Waals surface area contributed by atoms with Crippen LogP contribution in [0.1, 0.15) is 40.6 Å². The summed E-state index contributed by atoms with van der Waals surface area (Å²) in [7, 11) is 3.17. The van der Waals surface area contributed by atoms with Crippen molar-refractivity contribution in [3.63, 3.8) is 0 Å². The molecule has 2 heterocycles. The first kappa shape index (κ1) is 20.0. The number of aromatic nitrogens is 1. The third-order valence-corrected chi connectivity index (χ3v) is 5.57. The molecule has 5 heteroatoms. The summed E-state index contributed by atoms with van der Waals surface area (Å²) in [5, 5.41) is 0. The van der Waals surface area contributed by atoms with Crippen LogP contribution in [0.25, 0.3) is 11.1 Å². The smallest absolute Gasteiger partial charge is 0.258 e. The maximum Gasteiger partial charge on any atom is 0.258 e. The zero-order valence-corrected chi connectivity index (χ0v) is 17.6. The van der Waals surface area contributed by atoms with Gasteiger partial charge in [-0.1, -0.05) is 30.3 Å². The first-order valence-electron chi connectivity index (χ1n) is 10.2. The van der Waals surface area contributed by atoms with Crippen LogP contribution >= 0.6 is 0 Å². The van der Waals surface area contributed by atoms with Crippen LogP contribution in [0.3, 0.4) is 0 Å². The number of amides is 1. The highest BCUT2D eigenvalue weighted by Gasteiger charge is 2.33. The molecule has 1 saturated heterocycles. The van der Waals surface area contributed by atoms with Gasteiger partial charge in [-0.15, -0.1) is 0 Å². The molecule has 1 atom stereocenters. The van der Waals surface area contributed by atoms with Crippen molar-refractivity contribution >= 4 is 5.91 Å². The number of carbonyl (C=O) groups excluding carboxylic acids is 1. The van der Waals surface area contributed by atoms with Crippen LogP contribution in [0.15, 0.2) is 60.7 Å². The second-order valence-electron chi connectivity index (χ2n) is 7.51. The fourth-order valence-electron chi connectivity index (χ4n) is 4.11. The monoisotopic (exact) mass is 402 g/mol. The Balaban J connectivity index is 1.68. The fourth-order valence-corrected chi connectivity index (χ4v) is 4.11. The molecule has 1 aromatic heterocycles. The Kier molecular flexibility index (Phi) is 5.70. The van der Waals surface area contributed by atoms with Gasteiger partial charge in [0.1, 0.15) is 11.5 Å². The van der Waals surface area contributed by atoms with E-state index in [0.717, 1.165) is 35.4 Å². The van der Waals surface area contributed by atoms with Crippen molar-refractivity contribution in [3.05, 3.63) is 77.6 Å². The molecule has 2 aromatic carbocycles. The number of rotatable bonds is 5. The van der Waals surface area contributed by atoms with Crippen LogP contribution in [0, 0.1) is 6.92 Å². The van der Waals surface area contributed by atoms with Crippen molar-refractivity contribution in [1.82, 2.24) is 9.88 Å². The molecular formula is C25H26N2O3. The zero-order valence-electron chi connectivity index (χ0n) is 17.6. The number of nitrogens with zero attached hydrogens (tertiary/aromatic N) is 2. The number of likely N-dealkylation sites (tertiary alicyclic amines) is 1. The van der Waals surface area contributed by atoms with Gasteiger partial charge in [-0.05, 0) is 55.2 Å². The molecule has 1 fully saturated rings. The zero-order chi connectivity index (χ0) is 21.1. The summed E-state index contributed by atoms with van der Waals surface area (Å²) in [5.74, 6) is 1.14. The Bertz CT molecular complexity index is 1050. The van der Waals surface area contributed by atoms with Gasteiger partial charge in [-0.25, -0.2) is 0 Å². The summed E-state index contributed by atoms with van der Waals surface area (Å²) >= 11 is 0. The molecule has 30 heavy (non-hydrogen) atoms. The van der Waals surface area contributed by atoms with E-state index < -0.39 is 0 Å². The number of benzene rings is 2. The molecule has 0 saturated carbocycles. The number of hydrogen-bond donors (Lipinski definition) is 0. The van der Waals surface area contributed by atoms with Crippen LogP contribution in [0.5, 0.6) is 11.5 Å². The summed E-state index contributed by atoms with van der Waals surface area (Å²) in [6.45, 7) is 2.71.